The van der Waals surface area contributed by atoms with E-state index in [4.69, 9.17) is 16.0 Å². The summed E-state index contributed by atoms with van der Waals surface area (Å²) in [6.45, 7) is 0.414. The van der Waals surface area contributed by atoms with Gasteiger partial charge in [-0.15, -0.1) is 0 Å². The van der Waals surface area contributed by atoms with Crippen LogP contribution < -0.4 is 5.32 Å². The Morgan fingerprint density at radius 2 is 2.05 bits per heavy atom. The Kier molecular flexibility index (Phi) is 5.21. The van der Waals surface area contributed by atoms with E-state index in [1.807, 2.05) is 24.3 Å². The van der Waals surface area contributed by atoms with Crippen LogP contribution in [0.4, 0.5) is 0 Å². The molecule has 0 aliphatic carbocycles. The summed E-state index contributed by atoms with van der Waals surface area (Å²) in [5, 5.41) is 12.9. The highest BCUT2D eigenvalue weighted by atomic mass is 35.5. The first-order valence-electron chi connectivity index (χ1n) is 6.34. The number of furan rings is 1. The lowest BCUT2D eigenvalue weighted by Gasteiger charge is -2.15. The van der Waals surface area contributed by atoms with Crippen molar-refractivity contribution >= 4 is 17.5 Å². The third-order valence-electron chi connectivity index (χ3n) is 3.03. The molecule has 20 heavy (non-hydrogen) atoms. The van der Waals surface area contributed by atoms with Crippen LogP contribution >= 0.6 is 11.6 Å². The Balaban J connectivity index is 1.86. The number of carbonyl (C=O) groups is 1. The van der Waals surface area contributed by atoms with Gasteiger partial charge in [-0.2, -0.15) is 0 Å². The van der Waals surface area contributed by atoms with Crippen LogP contribution in [-0.4, -0.2) is 24.2 Å². The van der Waals surface area contributed by atoms with E-state index in [9.17, 15) is 9.90 Å². The van der Waals surface area contributed by atoms with Gasteiger partial charge in [-0.05, 0) is 30.2 Å². The van der Waals surface area contributed by atoms with Crippen molar-refractivity contribution in [3.8, 4) is 0 Å². The molecule has 1 amide bonds. The second-order valence-electron chi connectivity index (χ2n) is 4.60. The zero-order valence-corrected chi connectivity index (χ0v) is 11.6. The first-order chi connectivity index (χ1) is 9.69. The van der Waals surface area contributed by atoms with Gasteiger partial charge in [0.1, 0.15) is 6.26 Å². The zero-order valence-electron chi connectivity index (χ0n) is 10.9. The van der Waals surface area contributed by atoms with E-state index in [-0.39, 0.29) is 18.4 Å². The number of hydrogen-bond acceptors (Lipinski definition) is 3. The van der Waals surface area contributed by atoms with E-state index in [2.05, 4.69) is 5.32 Å². The van der Waals surface area contributed by atoms with E-state index in [1.54, 1.807) is 6.07 Å². The summed E-state index contributed by atoms with van der Waals surface area (Å²) >= 11 is 5.83. The van der Waals surface area contributed by atoms with Crippen molar-refractivity contribution < 1.29 is 14.3 Å². The molecule has 1 heterocycles. The molecule has 0 aliphatic rings. The van der Waals surface area contributed by atoms with Crippen molar-refractivity contribution in [1.29, 1.82) is 0 Å². The Bertz CT molecular complexity index is 537. The lowest BCUT2D eigenvalue weighted by molar-refractivity contribution is 0.0939. The topological polar surface area (TPSA) is 62.5 Å². The Morgan fingerprint density at radius 3 is 2.65 bits per heavy atom. The molecule has 1 atom stereocenters. The fraction of sp³-hybridized carbons (Fsp3) is 0.267. The number of carbonyl (C=O) groups excluding carboxylic acids is 1. The average Bonchev–Trinajstić information content (AvgIpc) is 2.99. The van der Waals surface area contributed by atoms with E-state index in [0.29, 0.717) is 23.6 Å². The zero-order chi connectivity index (χ0) is 14.4. The molecule has 2 rings (SSSR count). The highest BCUT2D eigenvalue weighted by molar-refractivity contribution is 6.30. The second-order valence-corrected chi connectivity index (χ2v) is 5.04. The van der Waals surface area contributed by atoms with E-state index < -0.39 is 0 Å². The molecular formula is C15H16ClNO3. The predicted octanol–water partition coefficient (Wildman–Crippen LogP) is 2.51. The van der Waals surface area contributed by atoms with E-state index in [0.717, 1.165) is 5.56 Å². The van der Waals surface area contributed by atoms with Gasteiger partial charge in [0.25, 0.3) is 5.91 Å². The van der Waals surface area contributed by atoms with Crippen molar-refractivity contribution in [3.63, 3.8) is 0 Å². The van der Waals surface area contributed by atoms with Gasteiger partial charge in [-0.3, -0.25) is 4.79 Å². The minimum Gasteiger partial charge on any atom is -0.472 e. The number of rotatable bonds is 6. The van der Waals surface area contributed by atoms with Gasteiger partial charge >= 0.3 is 0 Å². The monoisotopic (exact) mass is 293 g/mol. The lowest BCUT2D eigenvalue weighted by atomic mass is 10.00. The van der Waals surface area contributed by atoms with Gasteiger partial charge in [-0.25, -0.2) is 0 Å². The maximum atomic E-state index is 11.8. The Hall–Kier alpha value is -1.78. The SMILES string of the molecule is O=C(NCC(CO)Cc1ccc(Cl)cc1)c1ccoc1. The quantitative estimate of drug-likeness (QED) is 0.860. The van der Waals surface area contributed by atoms with Gasteiger partial charge < -0.3 is 14.8 Å². The molecule has 0 aliphatic heterocycles. The molecule has 106 valence electrons. The van der Waals surface area contributed by atoms with E-state index in [1.165, 1.54) is 12.5 Å². The highest BCUT2D eigenvalue weighted by Crippen LogP contribution is 2.13. The molecule has 0 saturated heterocycles. The highest BCUT2D eigenvalue weighted by Gasteiger charge is 2.12. The molecular weight excluding hydrogens is 278 g/mol. The summed E-state index contributed by atoms with van der Waals surface area (Å²) in [5.74, 6) is -0.236. The van der Waals surface area contributed by atoms with Gasteiger partial charge in [0.05, 0.1) is 11.8 Å². The van der Waals surface area contributed by atoms with Gasteiger partial charge in [0, 0.05) is 24.1 Å². The lowest BCUT2D eigenvalue weighted by Crippen LogP contribution is -2.31. The van der Waals surface area contributed by atoms with Crippen LogP contribution in [0.5, 0.6) is 0 Å². The normalized spacial score (nSPS) is 12.1. The number of nitrogens with one attached hydrogen (secondary N) is 1. The maximum Gasteiger partial charge on any atom is 0.254 e. The summed E-state index contributed by atoms with van der Waals surface area (Å²) < 4.78 is 4.85. The van der Waals surface area contributed by atoms with Crippen molar-refractivity contribution in [1.82, 2.24) is 5.32 Å². The molecule has 0 spiro atoms. The first-order valence-corrected chi connectivity index (χ1v) is 6.72. The number of benzene rings is 1. The molecule has 2 aromatic rings. The fourth-order valence-electron chi connectivity index (χ4n) is 1.89. The number of aliphatic hydroxyl groups is 1. The fourth-order valence-corrected chi connectivity index (χ4v) is 2.01. The standard InChI is InChI=1S/C15H16ClNO3/c16-14-3-1-11(2-4-14)7-12(9-18)8-17-15(19)13-5-6-20-10-13/h1-6,10,12,18H,7-9H2,(H,17,19). The molecule has 2 N–H and O–H groups in total. The number of hydrogen-bond donors (Lipinski definition) is 2. The number of halogens is 1. The molecule has 0 radical (unpaired) electrons. The van der Waals surface area contributed by atoms with Crippen molar-refractivity contribution in [2.45, 2.75) is 6.42 Å². The maximum absolute atomic E-state index is 11.8. The van der Waals surface area contributed by atoms with Crippen molar-refractivity contribution in [3.05, 3.63) is 59.0 Å². The van der Waals surface area contributed by atoms with Crippen LogP contribution in [0.25, 0.3) is 0 Å². The van der Waals surface area contributed by atoms with Gasteiger partial charge in [0.2, 0.25) is 0 Å². The summed E-state index contributed by atoms with van der Waals surface area (Å²) in [6, 6.07) is 9.07. The molecule has 0 saturated carbocycles. The van der Waals surface area contributed by atoms with Crippen LogP contribution in [0, 0.1) is 5.92 Å². The molecule has 0 fully saturated rings. The van der Waals surface area contributed by atoms with Crippen LogP contribution in [0.3, 0.4) is 0 Å². The van der Waals surface area contributed by atoms with Crippen molar-refractivity contribution in [2.75, 3.05) is 13.2 Å². The van der Waals surface area contributed by atoms with Crippen LogP contribution in [0.15, 0.2) is 47.3 Å². The third kappa shape index (κ3) is 4.11. The van der Waals surface area contributed by atoms with E-state index >= 15 is 0 Å². The molecule has 4 nitrogen and oxygen atoms in total. The minimum atomic E-state index is -0.201. The Morgan fingerprint density at radius 1 is 1.30 bits per heavy atom. The smallest absolute Gasteiger partial charge is 0.254 e. The largest absolute Gasteiger partial charge is 0.472 e. The number of aliphatic hydroxyl groups excluding tert-OH is 1. The minimum absolute atomic E-state index is 0.00823. The van der Waals surface area contributed by atoms with Gasteiger partial charge in [-0.1, -0.05) is 23.7 Å². The van der Waals surface area contributed by atoms with Crippen LogP contribution in [0.2, 0.25) is 5.02 Å². The predicted molar refractivity (Wildman–Crippen MR) is 76.8 cm³/mol. The molecule has 0 bridgehead atoms. The average molecular weight is 294 g/mol. The van der Waals surface area contributed by atoms with Crippen LogP contribution in [0.1, 0.15) is 15.9 Å². The Labute approximate surface area is 122 Å². The second kappa shape index (κ2) is 7.12. The summed E-state index contributed by atoms with van der Waals surface area (Å²) in [7, 11) is 0. The van der Waals surface area contributed by atoms with Gasteiger partial charge in [0.15, 0.2) is 0 Å². The summed E-state index contributed by atoms with van der Waals surface area (Å²) in [5.41, 5.74) is 1.55. The summed E-state index contributed by atoms with van der Waals surface area (Å²) in [4.78, 5) is 11.8. The molecule has 1 aromatic carbocycles. The van der Waals surface area contributed by atoms with Crippen molar-refractivity contribution in [2.24, 2.45) is 5.92 Å². The number of amides is 1. The molecule has 5 heteroatoms. The first kappa shape index (κ1) is 14.6. The third-order valence-corrected chi connectivity index (χ3v) is 3.28. The molecule has 1 aromatic heterocycles. The summed E-state index contributed by atoms with van der Waals surface area (Å²) in [6.07, 6.45) is 3.52. The molecule has 1 unspecified atom stereocenters. The van der Waals surface area contributed by atoms with Crippen LogP contribution in [-0.2, 0) is 6.42 Å².